The van der Waals surface area contributed by atoms with Gasteiger partial charge in [0.2, 0.25) is 0 Å². The quantitative estimate of drug-likeness (QED) is 0.0788. The Balaban J connectivity index is 1.09. The molecule has 1 spiro atoms. The number of hydrogen-bond donors (Lipinski definition) is 9. The molecule has 1 saturated carbocycles. The van der Waals surface area contributed by atoms with Crippen LogP contribution in [0.15, 0.2) is 60.7 Å². The summed E-state index contributed by atoms with van der Waals surface area (Å²) in [6.45, 7) is -0.420. The number of carbonyl (C=O) groups excluding carboxylic acids is 2. The molecule has 7 atom stereocenters. The summed E-state index contributed by atoms with van der Waals surface area (Å²) in [6.07, 6.45) is -13.6. The molecule has 9 N–H and O–H groups in total. The van der Waals surface area contributed by atoms with Gasteiger partial charge in [-0.3, -0.25) is 9.05 Å². The van der Waals surface area contributed by atoms with E-state index in [1.54, 1.807) is 36.4 Å². The molecular weight excluding hydrogens is 724 g/mol. The molecule has 0 bridgehead atoms. The van der Waals surface area contributed by atoms with E-state index in [-0.39, 0.29) is 42.6 Å². The third-order valence-corrected chi connectivity index (χ3v) is 9.35. The second-order valence-electron chi connectivity index (χ2n) is 11.7. The second kappa shape index (κ2) is 13.9. The van der Waals surface area contributed by atoms with Gasteiger partial charge in [0.1, 0.15) is 59.6 Å². The van der Waals surface area contributed by atoms with Crippen LogP contribution in [0.25, 0.3) is 0 Å². The molecule has 0 saturated heterocycles. The van der Waals surface area contributed by atoms with E-state index >= 15 is 0 Å². The number of nitrogens with one attached hydrogen (secondary N) is 1. The van der Waals surface area contributed by atoms with Gasteiger partial charge in [0.15, 0.2) is 5.60 Å². The Morgan fingerprint density at radius 1 is 0.804 bits per heavy atom. The van der Waals surface area contributed by atoms with E-state index in [9.17, 15) is 48.9 Å². The minimum absolute atomic E-state index is 0.00837. The Bertz CT molecular complexity index is 1930. The van der Waals surface area contributed by atoms with Gasteiger partial charge < -0.3 is 64.3 Å². The van der Waals surface area contributed by atoms with E-state index in [0.717, 1.165) is 0 Å². The van der Waals surface area contributed by atoms with Crippen molar-refractivity contribution in [3.8, 4) is 23.0 Å². The number of aromatic hydroxyl groups is 1. The van der Waals surface area contributed by atoms with Crippen LogP contribution in [-0.4, -0.2) is 102 Å². The molecule has 0 radical (unpaired) electrons. The first kappa shape index (κ1) is 36.8. The summed E-state index contributed by atoms with van der Waals surface area (Å²) in [5.74, 6) is -0.241. The lowest BCUT2D eigenvalue weighted by Gasteiger charge is -2.44. The maximum atomic E-state index is 12.9. The van der Waals surface area contributed by atoms with Crippen LogP contribution in [0.2, 0.25) is 0 Å². The van der Waals surface area contributed by atoms with Crippen molar-refractivity contribution in [3.05, 3.63) is 82.9 Å². The summed E-state index contributed by atoms with van der Waals surface area (Å²) in [6, 6.07) is 15.7. The van der Waals surface area contributed by atoms with Crippen molar-refractivity contribution in [1.82, 2.24) is 5.32 Å². The van der Waals surface area contributed by atoms with Crippen LogP contribution >= 0.6 is 15.6 Å². The number of phenols is 1. The predicted molar refractivity (Wildman–Crippen MR) is 167 cm³/mol. The first-order valence-electron chi connectivity index (χ1n) is 15.1. The number of aliphatic hydroxyl groups is 3. The zero-order chi connectivity index (χ0) is 36.9. The lowest BCUT2D eigenvalue weighted by molar-refractivity contribution is -0.228. The molecule has 1 unspecified atom stereocenters. The van der Waals surface area contributed by atoms with Gasteiger partial charge >= 0.3 is 27.7 Å². The fourth-order valence-corrected chi connectivity index (χ4v) is 7.38. The van der Waals surface area contributed by atoms with Crippen LogP contribution in [0.5, 0.6) is 23.0 Å². The van der Waals surface area contributed by atoms with E-state index in [1.807, 2.05) is 0 Å². The molecule has 3 aromatic carbocycles. The summed E-state index contributed by atoms with van der Waals surface area (Å²) < 4.78 is 54.3. The second-order valence-corrected chi connectivity index (χ2v) is 14.0. The molecule has 3 aliphatic rings. The Kier molecular flexibility index (Phi) is 10.0. The molecule has 1 aliphatic carbocycles. The number of aliphatic hydroxyl groups excluding tert-OH is 3. The third kappa shape index (κ3) is 7.38. The lowest BCUT2D eigenvalue weighted by atomic mass is 9.77. The summed E-state index contributed by atoms with van der Waals surface area (Å²) >= 11 is 0. The van der Waals surface area contributed by atoms with Crippen molar-refractivity contribution in [2.24, 2.45) is 0 Å². The molecule has 1 amide bonds. The predicted octanol–water partition coefficient (Wildman–Crippen LogP) is 0.876. The van der Waals surface area contributed by atoms with Gasteiger partial charge in [0, 0.05) is 42.0 Å². The number of rotatable bonds is 10. The number of amides is 1. The molecule has 2 aliphatic heterocycles. The normalized spacial score (nSPS) is 26.8. The van der Waals surface area contributed by atoms with Crippen LogP contribution < -0.4 is 14.8 Å². The van der Waals surface area contributed by atoms with Crippen LogP contribution in [0.3, 0.4) is 0 Å². The average molecular weight is 756 g/mol. The van der Waals surface area contributed by atoms with E-state index < -0.39 is 69.9 Å². The van der Waals surface area contributed by atoms with Gasteiger partial charge in [-0.05, 0) is 36.8 Å². The van der Waals surface area contributed by atoms with Crippen molar-refractivity contribution in [3.63, 3.8) is 0 Å². The van der Waals surface area contributed by atoms with Gasteiger partial charge in [0.05, 0.1) is 5.56 Å². The molecule has 3 aromatic rings. The molecule has 1 fully saturated rings. The fraction of sp³-hybridized carbons (Fsp3) is 0.333. The molecular formula is C30H31NO18P2. The molecule has 21 heteroatoms. The zero-order valence-electron chi connectivity index (χ0n) is 25.9. The van der Waals surface area contributed by atoms with Crippen LogP contribution in [0.1, 0.15) is 33.5 Å². The molecule has 0 aromatic heterocycles. The number of benzene rings is 3. The van der Waals surface area contributed by atoms with Gasteiger partial charge in [-0.25, -0.2) is 18.7 Å². The standard InChI is InChI=1S/C30H31NO18P2/c32-14-6-8-18-20(12-14)46-21-13-15(7-9-19(21)30(18)17-5-2-1-4-16(17)28(36)47-30)45-29(37)31-10-3-11-44-25-22(33)23(34)26(48-50(38,39)40)27(24(25)35)49-51(41,42)43/h1-2,4-9,12-13,22-27,32-35H,3,10-11H2,(H,31,37)(H2,38,39,40)(H2,41,42,43)/t22-,23+,24+,25-,26-,27-,30?/m1/s1. The maximum absolute atomic E-state index is 12.9. The van der Waals surface area contributed by atoms with Crippen LogP contribution in [0.4, 0.5) is 4.79 Å². The Morgan fingerprint density at radius 3 is 2.10 bits per heavy atom. The van der Waals surface area contributed by atoms with Gasteiger partial charge in [-0.2, -0.15) is 0 Å². The lowest BCUT2D eigenvalue weighted by Crippen LogP contribution is -2.65. The highest BCUT2D eigenvalue weighted by atomic mass is 31.2. The minimum Gasteiger partial charge on any atom is -0.508 e. The molecule has 19 nitrogen and oxygen atoms in total. The number of phosphoric acid groups is 2. The monoisotopic (exact) mass is 755 g/mol. The summed E-state index contributed by atoms with van der Waals surface area (Å²) in [4.78, 5) is 62.2. The van der Waals surface area contributed by atoms with Crippen molar-refractivity contribution >= 4 is 27.7 Å². The van der Waals surface area contributed by atoms with E-state index in [1.165, 1.54) is 24.3 Å². The number of carbonyl (C=O) groups is 2. The molecule has 51 heavy (non-hydrogen) atoms. The van der Waals surface area contributed by atoms with Gasteiger partial charge in [-0.1, -0.05) is 18.2 Å². The van der Waals surface area contributed by atoms with Crippen LogP contribution in [0, 0.1) is 0 Å². The number of phosphoric ester groups is 2. The number of esters is 1. The van der Waals surface area contributed by atoms with E-state index in [2.05, 4.69) is 14.4 Å². The highest BCUT2D eigenvalue weighted by molar-refractivity contribution is 7.46. The number of phenolic OH excluding ortho intramolecular Hbond substituents is 1. The van der Waals surface area contributed by atoms with Gasteiger partial charge in [0.25, 0.3) is 0 Å². The number of fused-ring (bicyclic) bond motifs is 6. The maximum Gasteiger partial charge on any atom is 0.470 e. The zero-order valence-corrected chi connectivity index (χ0v) is 27.7. The number of hydrogen-bond acceptors (Lipinski definition) is 14. The SMILES string of the molecule is O=C(NCCCO[C@@H]1[C@H](O)[C@H](O)[C@@H](OP(=O)(O)O)[C@H](OP(=O)(O)O)[C@H]1O)Oc1ccc2c(c1)Oc1cc(O)ccc1C21OC(=O)c2ccccc21. The molecule has 2 heterocycles. The largest absolute Gasteiger partial charge is 0.508 e. The highest BCUT2D eigenvalue weighted by Gasteiger charge is 2.55. The average Bonchev–Trinajstić information content (AvgIpc) is 3.34. The van der Waals surface area contributed by atoms with Crippen molar-refractivity contribution in [1.29, 1.82) is 0 Å². The Morgan fingerprint density at radius 2 is 1.41 bits per heavy atom. The van der Waals surface area contributed by atoms with E-state index in [4.69, 9.17) is 28.7 Å². The van der Waals surface area contributed by atoms with Crippen molar-refractivity contribution < 1.29 is 86.7 Å². The first-order chi connectivity index (χ1) is 24.0. The van der Waals surface area contributed by atoms with Crippen LogP contribution in [-0.2, 0) is 33.3 Å². The fourth-order valence-electron chi connectivity index (χ4n) is 6.26. The Hall–Kier alpha value is -3.94. The van der Waals surface area contributed by atoms with Crippen molar-refractivity contribution in [2.45, 2.75) is 48.6 Å². The third-order valence-electron chi connectivity index (χ3n) is 8.32. The highest BCUT2D eigenvalue weighted by Crippen LogP contribution is 2.57. The smallest absolute Gasteiger partial charge is 0.470 e. The first-order valence-corrected chi connectivity index (χ1v) is 18.1. The van der Waals surface area contributed by atoms with E-state index in [0.29, 0.717) is 22.3 Å². The summed E-state index contributed by atoms with van der Waals surface area (Å²) in [5, 5.41) is 44.0. The summed E-state index contributed by atoms with van der Waals surface area (Å²) in [7, 11) is -10.8. The minimum atomic E-state index is -5.41. The van der Waals surface area contributed by atoms with Gasteiger partial charge in [-0.15, -0.1) is 0 Å². The van der Waals surface area contributed by atoms with Crippen molar-refractivity contribution in [2.75, 3.05) is 13.2 Å². The topological polar surface area (TPSA) is 298 Å². The number of ether oxygens (including phenoxy) is 4. The molecule has 274 valence electrons. The summed E-state index contributed by atoms with van der Waals surface area (Å²) in [5.41, 5.74) is 0.415. The Labute approximate surface area is 287 Å². The molecule has 6 rings (SSSR count).